The summed E-state index contributed by atoms with van der Waals surface area (Å²) >= 11 is 0. The maximum atomic E-state index is 5.67. The summed E-state index contributed by atoms with van der Waals surface area (Å²) in [6, 6.07) is 0. The molecular formula is C11H23NO2. The molecule has 14 heavy (non-hydrogen) atoms. The van der Waals surface area contributed by atoms with E-state index in [9.17, 15) is 0 Å². The van der Waals surface area contributed by atoms with Gasteiger partial charge < -0.3 is 14.8 Å². The number of ether oxygens (including phenoxy) is 2. The Bertz CT molecular complexity index is 153. The largest absolute Gasteiger partial charge is 0.378 e. The first-order valence-corrected chi connectivity index (χ1v) is 5.48. The van der Waals surface area contributed by atoms with Crippen molar-refractivity contribution in [3.05, 3.63) is 0 Å². The first kappa shape index (κ1) is 12.0. The topological polar surface area (TPSA) is 30.5 Å². The molecule has 0 aliphatic carbocycles. The van der Waals surface area contributed by atoms with Gasteiger partial charge in [-0.1, -0.05) is 13.8 Å². The van der Waals surface area contributed by atoms with Crippen LogP contribution < -0.4 is 5.32 Å². The lowest BCUT2D eigenvalue weighted by molar-refractivity contribution is -0.00925. The molecule has 3 nitrogen and oxygen atoms in total. The molecule has 0 amide bonds. The van der Waals surface area contributed by atoms with Crippen LogP contribution in [0.3, 0.4) is 0 Å². The molecule has 0 bridgehead atoms. The van der Waals surface area contributed by atoms with Crippen LogP contribution in [0.5, 0.6) is 0 Å². The third-order valence-electron chi connectivity index (χ3n) is 2.48. The average Bonchev–Trinajstić information content (AvgIpc) is 2.56. The van der Waals surface area contributed by atoms with Gasteiger partial charge in [-0.15, -0.1) is 0 Å². The Morgan fingerprint density at radius 1 is 1.50 bits per heavy atom. The molecule has 3 heteroatoms. The van der Waals surface area contributed by atoms with E-state index in [0.717, 1.165) is 32.8 Å². The highest BCUT2D eigenvalue weighted by Gasteiger charge is 2.20. The van der Waals surface area contributed by atoms with Crippen LogP contribution >= 0.6 is 0 Å². The quantitative estimate of drug-likeness (QED) is 0.705. The molecule has 0 spiro atoms. The molecule has 1 aliphatic heterocycles. The van der Waals surface area contributed by atoms with Crippen molar-refractivity contribution < 1.29 is 9.47 Å². The van der Waals surface area contributed by atoms with Crippen LogP contribution in [0, 0.1) is 5.41 Å². The number of nitrogens with one attached hydrogen (secondary N) is 1. The van der Waals surface area contributed by atoms with Crippen LogP contribution in [0.25, 0.3) is 0 Å². The van der Waals surface area contributed by atoms with E-state index in [4.69, 9.17) is 9.47 Å². The average molecular weight is 201 g/mol. The standard InChI is InChI=1S/C11H23NO2/c1-11(2,8-12-3)9-13-7-10-5-4-6-14-10/h10,12H,4-9H2,1-3H3. The van der Waals surface area contributed by atoms with E-state index >= 15 is 0 Å². The molecular weight excluding hydrogens is 178 g/mol. The van der Waals surface area contributed by atoms with E-state index < -0.39 is 0 Å². The molecule has 1 atom stereocenters. The van der Waals surface area contributed by atoms with Crippen LogP contribution in [-0.2, 0) is 9.47 Å². The van der Waals surface area contributed by atoms with Crippen molar-refractivity contribution >= 4 is 0 Å². The zero-order valence-electron chi connectivity index (χ0n) is 9.64. The zero-order chi connectivity index (χ0) is 10.4. The number of rotatable bonds is 6. The van der Waals surface area contributed by atoms with Gasteiger partial charge in [0.25, 0.3) is 0 Å². The fourth-order valence-corrected chi connectivity index (χ4v) is 1.77. The van der Waals surface area contributed by atoms with Gasteiger partial charge in [0.1, 0.15) is 0 Å². The maximum Gasteiger partial charge on any atom is 0.0809 e. The fraction of sp³-hybridized carbons (Fsp3) is 1.00. The minimum atomic E-state index is 0.216. The van der Waals surface area contributed by atoms with Crippen molar-refractivity contribution in [3.8, 4) is 0 Å². The van der Waals surface area contributed by atoms with Crippen molar-refractivity contribution in [1.82, 2.24) is 5.32 Å². The third kappa shape index (κ3) is 4.40. The van der Waals surface area contributed by atoms with Crippen LogP contribution in [-0.4, -0.2) is 39.5 Å². The van der Waals surface area contributed by atoms with Crippen LogP contribution in [0.1, 0.15) is 26.7 Å². The Labute approximate surface area is 87.2 Å². The second-order valence-corrected chi connectivity index (χ2v) is 4.84. The smallest absolute Gasteiger partial charge is 0.0809 e. The van der Waals surface area contributed by atoms with Crippen LogP contribution in [0.15, 0.2) is 0 Å². The van der Waals surface area contributed by atoms with E-state index in [2.05, 4.69) is 19.2 Å². The first-order chi connectivity index (χ1) is 6.64. The highest BCUT2D eigenvalue weighted by molar-refractivity contribution is 4.71. The molecule has 1 unspecified atom stereocenters. The van der Waals surface area contributed by atoms with Crippen LogP contribution in [0.4, 0.5) is 0 Å². The van der Waals surface area contributed by atoms with Crippen molar-refractivity contribution in [3.63, 3.8) is 0 Å². The lowest BCUT2D eigenvalue weighted by Crippen LogP contribution is -2.32. The van der Waals surface area contributed by atoms with Crippen molar-refractivity contribution in [2.24, 2.45) is 5.41 Å². The molecule has 0 aromatic heterocycles. The normalized spacial score (nSPS) is 22.9. The zero-order valence-corrected chi connectivity index (χ0v) is 9.64. The van der Waals surface area contributed by atoms with Gasteiger partial charge in [-0.05, 0) is 19.9 Å². The van der Waals surface area contributed by atoms with Gasteiger partial charge in [-0.2, -0.15) is 0 Å². The number of hydrogen-bond acceptors (Lipinski definition) is 3. The molecule has 1 saturated heterocycles. The summed E-state index contributed by atoms with van der Waals surface area (Å²) in [5.41, 5.74) is 0.216. The van der Waals surface area contributed by atoms with Crippen molar-refractivity contribution in [2.75, 3.05) is 33.4 Å². The van der Waals surface area contributed by atoms with Gasteiger partial charge >= 0.3 is 0 Å². The molecule has 1 heterocycles. The second kappa shape index (κ2) is 5.69. The molecule has 0 aromatic rings. The van der Waals surface area contributed by atoms with Gasteiger partial charge in [-0.25, -0.2) is 0 Å². The fourth-order valence-electron chi connectivity index (χ4n) is 1.77. The predicted octanol–water partition coefficient (Wildman–Crippen LogP) is 1.43. The molecule has 1 rings (SSSR count). The van der Waals surface area contributed by atoms with Gasteiger partial charge in [0.15, 0.2) is 0 Å². The van der Waals surface area contributed by atoms with E-state index in [0.29, 0.717) is 6.10 Å². The minimum Gasteiger partial charge on any atom is -0.378 e. The van der Waals surface area contributed by atoms with Crippen LogP contribution in [0.2, 0.25) is 0 Å². The van der Waals surface area contributed by atoms with Gasteiger partial charge in [0.05, 0.1) is 19.3 Å². The SMILES string of the molecule is CNCC(C)(C)COCC1CCCO1. The first-order valence-electron chi connectivity index (χ1n) is 5.48. The third-order valence-corrected chi connectivity index (χ3v) is 2.48. The predicted molar refractivity (Wildman–Crippen MR) is 57.5 cm³/mol. The summed E-state index contributed by atoms with van der Waals surface area (Å²) in [6.45, 7) is 7.87. The van der Waals surface area contributed by atoms with E-state index in [1.54, 1.807) is 0 Å². The highest BCUT2D eigenvalue weighted by atomic mass is 16.5. The molecule has 1 N–H and O–H groups in total. The van der Waals surface area contributed by atoms with Crippen molar-refractivity contribution in [1.29, 1.82) is 0 Å². The molecule has 84 valence electrons. The summed E-state index contributed by atoms with van der Waals surface area (Å²) in [5.74, 6) is 0. The van der Waals surface area contributed by atoms with E-state index in [1.807, 2.05) is 7.05 Å². The Morgan fingerprint density at radius 3 is 2.86 bits per heavy atom. The van der Waals surface area contributed by atoms with Gasteiger partial charge in [0, 0.05) is 18.6 Å². The molecule has 0 saturated carbocycles. The Morgan fingerprint density at radius 2 is 2.29 bits per heavy atom. The van der Waals surface area contributed by atoms with Gasteiger partial charge in [-0.3, -0.25) is 0 Å². The highest BCUT2D eigenvalue weighted by Crippen LogP contribution is 2.16. The summed E-state index contributed by atoms with van der Waals surface area (Å²) in [7, 11) is 1.97. The van der Waals surface area contributed by atoms with Crippen molar-refractivity contribution in [2.45, 2.75) is 32.8 Å². The lowest BCUT2D eigenvalue weighted by Gasteiger charge is -2.24. The van der Waals surface area contributed by atoms with E-state index in [1.165, 1.54) is 6.42 Å². The molecule has 0 radical (unpaired) electrons. The Kier molecular flexibility index (Phi) is 4.85. The Balaban J connectivity index is 2.07. The Hall–Kier alpha value is -0.120. The van der Waals surface area contributed by atoms with Gasteiger partial charge in [0.2, 0.25) is 0 Å². The summed E-state index contributed by atoms with van der Waals surface area (Å²) in [6.07, 6.45) is 2.70. The second-order valence-electron chi connectivity index (χ2n) is 4.84. The summed E-state index contributed by atoms with van der Waals surface area (Å²) in [5, 5.41) is 3.18. The molecule has 0 aromatic carbocycles. The minimum absolute atomic E-state index is 0.216. The monoisotopic (exact) mass is 201 g/mol. The number of hydrogen-bond donors (Lipinski definition) is 1. The summed E-state index contributed by atoms with van der Waals surface area (Å²) in [4.78, 5) is 0. The maximum absolute atomic E-state index is 5.67. The summed E-state index contributed by atoms with van der Waals surface area (Å²) < 4.78 is 11.2. The lowest BCUT2D eigenvalue weighted by atomic mass is 9.95. The molecule has 1 aliphatic rings. The van der Waals surface area contributed by atoms with E-state index in [-0.39, 0.29) is 5.41 Å². The molecule has 1 fully saturated rings.